The van der Waals surface area contributed by atoms with Crippen LogP contribution in [0.15, 0.2) is 46.8 Å². The largest absolute Gasteiger partial charge is 0.355 e. The molecule has 5 rings (SSSR count). The van der Waals surface area contributed by atoms with Crippen LogP contribution in [0, 0.1) is 0 Å². The summed E-state index contributed by atoms with van der Waals surface area (Å²) in [6, 6.07) is 8.03. The van der Waals surface area contributed by atoms with Gasteiger partial charge in [0, 0.05) is 63.6 Å². The molecule has 0 aliphatic carbocycles. The second-order valence-corrected chi connectivity index (χ2v) is 8.92. The van der Waals surface area contributed by atoms with Crippen molar-refractivity contribution in [2.45, 2.75) is 25.6 Å². The molecule has 0 aromatic carbocycles. The van der Waals surface area contributed by atoms with Crippen LogP contribution in [-0.2, 0) is 13.1 Å². The molecule has 1 unspecified atom stereocenters. The quantitative estimate of drug-likeness (QED) is 0.612. The summed E-state index contributed by atoms with van der Waals surface area (Å²) in [5.74, 6) is 1.38. The van der Waals surface area contributed by atoms with Gasteiger partial charge in [-0.05, 0) is 36.2 Å². The highest BCUT2D eigenvalue weighted by molar-refractivity contribution is 7.13. The molecule has 0 saturated carbocycles. The lowest BCUT2D eigenvalue weighted by Gasteiger charge is -2.46. The molecule has 9 nitrogen and oxygen atoms in total. The number of amides is 1. The van der Waals surface area contributed by atoms with Crippen LogP contribution in [0.4, 0.5) is 16.8 Å². The normalized spacial score (nSPS) is 18.0. The van der Waals surface area contributed by atoms with Gasteiger partial charge in [0.2, 0.25) is 0 Å². The second kappa shape index (κ2) is 8.71. The Labute approximate surface area is 189 Å². The number of hydrogen-bond acceptors (Lipinski definition) is 8. The highest BCUT2D eigenvalue weighted by atomic mass is 32.1. The number of piperazine rings is 1. The smallest absolute Gasteiger partial charge is 0.264 e. The third kappa shape index (κ3) is 3.98. The maximum atomic E-state index is 12.8. The average molecular weight is 452 g/mol. The molecule has 0 spiro atoms. The van der Waals surface area contributed by atoms with E-state index in [1.54, 1.807) is 35.2 Å². The predicted octanol–water partition coefficient (Wildman–Crippen LogP) is 1.90. The number of fused-ring (bicyclic) bond motifs is 3. The van der Waals surface area contributed by atoms with Crippen LogP contribution in [0.1, 0.15) is 22.3 Å². The third-order valence-corrected chi connectivity index (χ3v) is 6.76. The fourth-order valence-corrected chi connectivity index (χ4v) is 5.06. The van der Waals surface area contributed by atoms with Gasteiger partial charge in [-0.15, -0.1) is 11.3 Å². The molecular formula is C22H25N7O2S. The lowest BCUT2D eigenvalue weighted by Crippen LogP contribution is -2.56. The Bertz CT molecular complexity index is 1180. The molecule has 1 atom stereocenters. The highest BCUT2D eigenvalue weighted by Gasteiger charge is 2.32. The zero-order valence-corrected chi connectivity index (χ0v) is 18.6. The summed E-state index contributed by atoms with van der Waals surface area (Å²) in [6.07, 6.45) is 4.48. The molecule has 2 N–H and O–H groups in total. The molecule has 2 aliphatic heterocycles. The minimum absolute atomic E-state index is 0.202. The first-order chi connectivity index (χ1) is 15.6. The molecule has 1 fully saturated rings. The van der Waals surface area contributed by atoms with Crippen molar-refractivity contribution < 1.29 is 4.79 Å². The number of hydrogen-bond donors (Lipinski definition) is 2. The lowest BCUT2D eigenvalue weighted by molar-refractivity contribution is 0.0960. The van der Waals surface area contributed by atoms with Crippen molar-refractivity contribution in [3.8, 4) is 0 Å². The topological polar surface area (TPSA) is 95.4 Å². The van der Waals surface area contributed by atoms with Gasteiger partial charge in [0.25, 0.3) is 11.5 Å². The number of nitrogens with one attached hydrogen (secondary N) is 2. The van der Waals surface area contributed by atoms with Gasteiger partial charge in [0.15, 0.2) is 5.13 Å². The number of carbonyl (C=O) groups is 1. The summed E-state index contributed by atoms with van der Waals surface area (Å²) < 4.78 is 1.75. The fourth-order valence-electron chi connectivity index (χ4n) is 4.53. The Morgan fingerprint density at radius 3 is 2.91 bits per heavy atom. The van der Waals surface area contributed by atoms with Gasteiger partial charge in [-0.3, -0.25) is 19.1 Å². The third-order valence-electron chi connectivity index (χ3n) is 6.07. The molecule has 1 saturated heterocycles. The first-order valence-corrected chi connectivity index (χ1v) is 11.6. The van der Waals surface area contributed by atoms with Crippen molar-refractivity contribution >= 4 is 34.0 Å². The monoisotopic (exact) mass is 451 g/mol. The van der Waals surface area contributed by atoms with Crippen LogP contribution in [0.2, 0.25) is 0 Å². The molecular weight excluding hydrogens is 426 g/mol. The second-order valence-electron chi connectivity index (χ2n) is 8.02. The van der Waals surface area contributed by atoms with Gasteiger partial charge in [-0.2, -0.15) is 0 Å². The standard InChI is InChI=1S/C22H25N7O2S/c1-23-20(30)17-2-3-19-28-10-9-27(14-16(28)5-8-29(19)21(17)31)13-15-4-6-24-18(12-15)26-22-25-7-11-32-22/h2-4,6-7,11-12,16H,5,8-10,13-14H2,1H3,(H,23,30)(H,24,25,26). The van der Waals surface area contributed by atoms with Gasteiger partial charge in [-0.1, -0.05) is 0 Å². The molecule has 0 radical (unpaired) electrons. The van der Waals surface area contributed by atoms with Crippen LogP contribution >= 0.6 is 11.3 Å². The van der Waals surface area contributed by atoms with Crippen LogP contribution in [0.25, 0.3) is 0 Å². The summed E-state index contributed by atoms with van der Waals surface area (Å²) in [5.41, 5.74) is 1.20. The van der Waals surface area contributed by atoms with Crippen LogP contribution < -0.4 is 21.1 Å². The molecule has 1 amide bonds. The molecule has 3 aromatic heterocycles. The van der Waals surface area contributed by atoms with Crippen LogP contribution in [-0.4, -0.2) is 58.1 Å². The fraction of sp³-hybridized carbons (Fsp3) is 0.364. The highest BCUT2D eigenvalue weighted by Crippen LogP contribution is 2.28. The van der Waals surface area contributed by atoms with E-state index in [4.69, 9.17) is 0 Å². The molecule has 3 aromatic rings. The summed E-state index contributed by atoms with van der Waals surface area (Å²) in [7, 11) is 1.54. The first-order valence-electron chi connectivity index (χ1n) is 10.7. The maximum Gasteiger partial charge on any atom is 0.264 e. The van der Waals surface area contributed by atoms with E-state index in [0.29, 0.717) is 12.6 Å². The first kappa shape index (κ1) is 20.7. The lowest BCUT2D eigenvalue weighted by atomic mass is 10.0. The van der Waals surface area contributed by atoms with E-state index in [0.717, 1.165) is 49.4 Å². The van der Waals surface area contributed by atoms with Crippen molar-refractivity contribution in [3.05, 3.63) is 63.5 Å². The van der Waals surface area contributed by atoms with Crippen LogP contribution in [0.3, 0.4) is 0 Å². The number of anilines is 3. The molecule has 5 heterocycles. The Morgan fingerprint density at radius 1 is 1.19 bits per heavy atom. The van der Waals surface area contributed by atoms with E-state index in [2.05, 4.69) is 42.5 Å². The Morgan fingerprint density at radius 2 is 2.09 bits per heavy atom. The van der Waals surface area contributed by atoms with Crippen molar-refractivity contribution in [1.82, 2.24) is 24.8 Å². The van der Waals surface area contributed by atoms with E-state index in [1.807, 2.05) is 17.6 Å². The number of carbonyl (C=O) groups excluding carboxylic acids is 1. The van der Waals surface area contributed by atoms with Crippen molar-refractivity contribution in [2.75, 3.05) is 36.9 Å². The number of pyridine rings is 2. The SMILES string of the molecule is CNC(=O)c1ccc2n(c1=O)CCC1CN(Cc3ccnc(Nc4nccs4)c3)CCN21. The summed E-state index contributed by atoms with van der Waals surface area (Å²) in [5, 5.41) is 8.56. The number of thiazole rings is 1. The van der Waals surface area contributed by atoms with E-state index < -0.39 is 0 Å². The van der Waals surface area contributed by atoms with Gasteiger partial charge in [0.05, 0.1) is 0 Å². The number of rotatable bonds is 5. The number of aromatic nitrogens is 3. The van der Waals surface area contributed by atoms with Gasteiger partial charge < -0.3 is 15.5 Å². The van der Waals surface area contributed by atoms with Crippen molar-refractivity contribution in [2.24, 2.45) is 0 Å². The van der Waals surface area contributed by atoms with E-state index in [9.17, 15) is 9.59 Å². The Hall–Kier alpha value is -3.24. The van der Waals surface area contributed by atoms with E-state index >= 15 is 0 Å². The van der Waals surface area contributed by atoms with Crippen LogP contribution in [0.5, 0.6) is 0 Å². The summed E-state index contributed by atoms with van der Waals surface area (Å²) in [6.45, 7) is 4.16. The summed E-state index contributed by atoms with van der Waals surface area (Å²) >= 11 is 1.55. The maximum absolute atomic E-state index is 12.8. The molecule has 2 aliphatic rings. The summed E-state index contributed by atoms with van der Waals surface area (Å²) in [4.78, 5) is 38.2. The molecule has 10 heteroatoms. The molecule has 166 valence electrons. The Balaban J connectivity index is 1.27. The minimum atomic E-state index is -0.335. The van der Waals surface area contributed by atoms with E-state index in [-0.39, 0.29) is 17.0 Å². The van der Waals surface area contributed by atoms with Gasteiger partial charge >= 0.3 is 0 Å². The van der Waals surface area contributed by atoms with Crippen molar-refractivity contribution in [3.63, 3.8) is 0 Å². The average Bonchev–Trinajstić information content (AvgIpc) is 3.32. The molecule has 32 heavy (non-hydrogen) atoms. The van der Waals surface area contributed by atoms with Gasteiger partial charge in [-0.25, -0.2) is 9.97 Å². The number of nitrogens with zero attached hydrogens (tertiary/aromatic N) is 5. The Kier molecular flexibility index (Phi) is 5.62. The van der Waals surface area contributed by atoms with E-state index in [1.165, 1.54) is 5.56 Å². The van der Waals surface area contributed by atoms with Crippen molar-refractivity contribution in [1.29, 1.82) is 0 Å². The van der Waals surface area contributed by atoms with Gasteiger partial charge in [0.1, 0.15) is 17.2 Å². The predicted molar refractivity (Wildman–Crippen MR) is 125 cm³/mol. The zero-order valence-electron chi connectivity index (χ0n) is 17.8. The zero-order chi connectivity index (χ0) is 22.1. The molecule has 0 bridgehead atoms. The minimum Gasteiger partial charge on any atom is -0.355 e.